The van der Waals surface area contributed by atoms with E-state index in [4.69, 9.17) is 0 Å². The lowest BCUT2D eigenvalue weighted by Crippen LogP contribution is -2.08. The van der Waals surface area contributed by atoms with E-state index in [1.54, 1.807) is 0 Å². The molecule has 0 aliphatic carbocycles. The van der Waals surface area contributed by atoms with Crippen LogP contribution < -0.4 is 0 Å². The minimum atomic E-state index is -3.29. The summed E-state index contributed by atoms with van der Waals surface area (Å²) < 4.78 is 22.5. The molecule has 4 nitrogen and oxygen atoms in total. The van der Waals surface area contributed by atoms with Crippen molar-refractivity contribution >= 4 is 9.84 Å². The Labute approximate surface area is 84.3 Å². The van der Waals surface area contributed by atoms with E-state index in [-0.39, 0.29) is 5.16 Å². The number of hydrogen-bond acceptors (Lipinski definition) is 4. The quantitative estimate of drug-likeness (QED) is 0.704. The SMILES string of the molecule is CCc1cc(CC)nc(S(C)(=O)=O)n1. The third kappa shape index (κ3) is 2.51. The van der Waals surface area contributed by atoms with Gasteiger partial charge in [0.1, 0.15) is 0 Å². The van der Waals surface area contributed by atoms with E-state index in [0.717, 1.165) is 30.5 Å². The van der Waals surface area contributed by atoms with Crippen LogP contribution in [0, 0.1) is 0 Å². The normalized spacial score (nSPS) is 11.6. The van der Waals surface area contributed by atoms with E-state index < -0.39 is 9.84 Å². The van der Waals surface area contributed by atoms with Gasteiger partial charge in [0, 0.05) is 17.6 Å². The molecule has 0 saturated carbocycles. The first-order chi connectivity index (χ1) is 6.47. The highest BCUT2D eigenvalue weighted by Gasteiger charge is 2.12. The number of aryl methyl sites for hydroxylation is 2. The van der Waals surface area contributed by atoms with Crippen molar-refractivity contribution in [1.82, 2.24) is 9.97 Å². The van der Waals surface area contributed by atoms with Gasteiger partial charge in [-0.2, -0.15) is 0 Å². The van der Waals surface area contributed by atoms with Crippen LogP contribution in [0.15, 0.2) is 11.2 Å². The molecule has 1 heterocycles. The molecule has 0 bridgehead atoms. The molecule has 0 spiro atoms. The van der Waals surface area contributed by atoms with E-state index in [0.29, 0.717) is 0 Å². The van der Waals surface area contributed by atoms with Crippen LogP contribution in [0.1, 0.15) is 25.2 Å². The van der Waals surface area contributed by atoms with E-state index >= 15 is 0 Å². The van der Waals surface area contributed by atoms with Crippen molar-refractivity contribution in [2.75, 3.05) is 6.26 Å². The zero-order valence-electron chi connectivity index (χ0n) is 8.61. The van der Waals surface area contributed by atoms with Crippen molar-refractivity contribution in [3.05, 3.63) is 17.5 Å². The molecule has 0 N–H and O–H groups in total. The first-order valence-electron chi connectivity index (χ1n) is 4.54. The van der Waals surface area contributed by atoms with Crippen LogP contribution in [-0.4, -0.2) is 24.6 Å². The van der Waals surface area contributed by atoms with Crippen LogP contribution in [0.5, 0.6) is 0 Å². The summed E-state index contributed by atoms with van der Waals surface area (Å²) in [5.74, 6) is 0. The van der Waals surface area contributed by atoms with Crippen LogP contribution in [0.4, 0.5) is 0 Å². The lowest BCUT2D eigenvalue weighted by Gasteiger charge is -2.03. The molecule has 0 radical (unpaired) electrons. The average Bonchev–Trinajstić information content (AvgIpc) is 2.15. The van der Waals surface area contributed by atoms with E-state index in [1.807, 2.05) is 19.9 Å². The van der Waals surface area contributed by atoms with Gasteiger partial charge in [-0.15, -0.1) is 0 Å². The Morgan fingerprint density at radius 3 is 1.86 bits per heavy atom. The highest BCUT2D eigenvalue weighted by Crippen LogP contribution is 2.07. The van der Waals surface area contributed by atoms with Crippen molar-refractivity contribution in [1.29, 1.82) is 0 Å². The summed E-state index contributed by atoms with van der Waals surface area (Å²) in [4.78, 5) is 7.94. The third-order valence-corrected chi connectivity index (χ3v) is 2.71. The van der Waals surface area contributed by atoms with E-state index in [9.17, 15) is 8.42 Å². The van der Waals surface area contributed by atoms with Gasteiger partial charge in [0.25, 0.3) is 0 Å². The third-order valence-electron chi connectivity index (χ3n) is 1.87. The van der Waals surface area contributed by atoms with Gasteiger partial charge >= 0.3 is 0 Å². The molecule has 1 aromatic rings. The molecule has 14 heavy (non-hydrogen) atoms. The van der Waals surface area contributed by atoms with Gasteiger partial charge in [-0.1, -0.05) is 13.8 Å². The van der Waals surface area contributed by atoms with Crippen molar-refractivity contribution in [3.8, 4) is 0 Å². The van der Waals surface area contributed by atoms with Crippen molar-refractivity contribution in [3.63, 3.8) is 0 Å². The maximum Gasteiger partial charge on any atom is 0.247 e. The Balaban J connectivity index is 3.32. The van der Waals surface area contributed by atoms with Gasteiger partial charge in [0.2, 0.25) is 15.0 Å². The fourth-order valence-corrected chi connectivity index (χ4v) is 1.62. The Hall–Kier alpha value is -0.970. The van der Waals surface area contributed by atoms with Gasteiger partial charge in [-0.05, 0) is 18.9 Å². The maximum atomic E-state index is 11.2. The van der Waals surface area contributed by atoms with Crippen molar-refractivity contribution in [2.45, 2.75) is 31.8 Å². The van der Waals surface area contributed by atoms with Crippen LogP contribution in [-0.2, 0) is 22.7 Å². The molecule has 0 aliphatic heterocycles. The molecule has 0 atom stereocenters. The predicted molar refractivity (Wildman–Crippen MR) is 53.9 cm³/mol. The summed E-state index contributed by atoms with van der Waals surface area (Å²) in [5, 5.41) is -0.0614. The van der Waals surface area contributed by atoms with Crippen LogP contribution in [0.3, 0.4) is 0 Å². The molecule has 0 fully saturated rings. The standard InChI is InChI=1S/C9H14N2O2S/c1-4-7-6-8(5-2)11-9(10-7)14(3,12)13/h6H,4-5H2,1-3H3. The van der Waals surface area contributed by atoms with Crippen LogP contribution >= 0.6 is 0 Å². The van der Waals surface area contributed by atoms with Crippen LogP contribution in [0.25, 0.3) is 0 Å². The molecule has 0 aromatic carbocycles. The van der Waals surface area contributed by atoms with E-state index in [2.05, 4.69) is 9.97 Å². The summed E-state index contributed by atoms with van der Waals surface area (Å²) in [5.41, 5.74) is 1.55. The molecule has 78 valence electrons. The molecular weight excluding hydrogens is 200 g/mol. The maximum absolute atomic E-state index is 11.2. The Morgan fingerprint density at radius 1 is 1.14 bits per heavy atom. The Kier molecular flexibility index (Phi) is 3.21. The second-order valence-corrected chi connectivity index (χ2v) is 5.02. The van der Waals surface area contributed by atoms with E-state index in [1.165, 1.54) is 0 Å². The van der Waals surface area contributed by atoms with Gasteiger partial charge in [-0.25, -0.2) is 18.4 Å². The number of rotatable bonds is 3. The Morgan fingerprint density at radius 2 is 1.57 bits per heavy atom. The zero-order valence-corrected chi connectivity index (χ0v) is 9.43. The number of nitrogens with zero attached hydrogens (tertiary/aromatic N) is 2. The summed E-state index contributed by atoms with van der Waals surface area (Å²) in [6.45, 7) is 3.88. The second kappa shape index (κ2) is 4.04. The average molecular weight is 214 g/mol. The molecular formula is C9H14N2O2S. The molecule has 5 heteroatoms. The van der Waals surface area contributed by atoms with Crippen LogP contribution in [0.2, 0.25) is 0 Å². The lowest BCUT2D eigenvalue weighted by molar-refractivity contribution is 0.590. The first-order valence-corrected chi connectivity index (χ1v) is 6.43. The van der Waals surface area contributed by atoms with Gasteiger partial charge in [0.15, 0.2) is 0 Å². The fourth-order valence-electron chi connectivity index (χ4n) is 1.06. The monoisotopic (exact) mass is 214 g/mol. The van der Waals surface area contributed by atoms with Gasteiger partial charge in [0.05, 0.1) is 0 Å². The minimum Gasteiger partial charge on any atom is -0.223 e. The molecule has 0 saturated heterocycles. The van der Waals surface area contributed by atoms with Crippen molar-refractivity contribution in [2.24, 2.45) is 0 Å². The molecule has 1 aromatic heterocycles. The summed E-state index contributed by atoms with van der Waals surface area (Å²) in [6.07, 6.45) is 2.57. The molecule has 0 aliphatic rings. The molecule has 0 amide bonds. The largest absolute Gasteiger partial charge is 0.247 e. The summed E-state index contributed by atoms with van der Waals surface area (Å²) in [7, 11) is -3.29. The summed E-state index contributed by atoms with van der Waals surface area (Å²) in [6, 6.07) is 1.84. The Bertz CT molecular complexity index is 404. The van der Waals surface area contributed by atoms with Gasteiger partial charge in [-0.3, -0.25) is 0 Å². The molecule has 0 unspecified atom stereocenters. The molecule has 1 rings (SSSR count). The smallest absolute Gasteiger partial charge is 0.223 e. The highest BCUT2D eigenvalue weighted by atomic mass is 32.2. The number of aromatic nitrogens is 2. The first kappa shape index (κ1) is 11.1. The topological polar surface area (TPSA) is 59.9 Å². The highest BCUT2D eigenvalue weighted by molar-refractivity contribution is 7.90. The number of sulfone groups is 1. The minimum absolute atomic E-state index is 0.0614. The zero-order chi connectivity index (χ0) is 10.8. The fraction of sp³-hybridized carbons (Fsp3) is 0.556. The second-order valence-electron chi connectivity index (χ2n) is 3.11. The number of hydrogen-bond donors (Lipinski definition) is 0. The summed E-state index contributed by atoms with van der Waals surface area (Å²) >= 11 is 0. The van der Waals surface area contributed by atoms with Gasteiger partial charge < -0.3 is 0 Å². The predicted octanol–water partition coefficient (Wildman–Crippen LogP) is 1.00. The lowest BCUT2D eigenvalue weighted by atomic mass is 10.2. The van der Waals surface area contributed by atoms with Crippen molar-refractivity contribution < 1.29 is 8.42 Å².